The van der Waals surface area contributed by atoms with Crippen LogP contribution in [0, 0.1) is 0 Å². The number of hydrogen-bond donors (Lipinski definition) is 0. The number of amides is 1. The van der Waals surface area contributed by atoms with E-state index in [1.807, 2.05) is 47.4 Å². The van der Waals surface area contributed by atoms with E-state index < -0.39 is 0 Å². The molecule has 0 spiro atoms. The Kier molecular flexibility index (Phi) is 6.32. The highest BCUT2D eigenvalue weighted by molar-refractivity contribution is 7.99. The normalized spacial score (nSPS) is 18.9. The van der Waals surface area contributed by atoms with Crippen LogP contribution >= 0.6 is 11.8 Å². The zero-order valence-corrected chi connectivity index (χ0v) is 18.9. The molecular weight excluding hydrogens is 410 g/mol. The van der Waals surface area contributed by atoms with Gasteiger partial charge in [0.05, 0.1) is 29.5 Å². The Morgan fingerprint density at radius 2 is 1.77 bits per heavy atom. The molecule has 0 N–H and O–H groups in total. The molecule has 2 aromatic carbocycles. The van der Waals surface area contributed by atoms with Crippen molar-refractivity contribution >= 4 is 28.6 Å². The minimum absolute atomic E-state index is 0.0821. The fourth-order valence-electron chi connectivity index (χ4n) is 4.35. The van der Waals surface area contributed by atoms with E-state index in [0.29, 0.717) is 27.5 Å². The number of thioether (sulfide) groups is 1. The molecule has 6 nitrogen and oxygen atoms in total. The number of nitrogens with zero attached hydrogens (tertiary/aromatic N) is 3. The Labute approximate surface area is 186 Å². The molecule has 7 heteroatoms. The molecule has 0 bridgehead atoms. The fourth-order valence-corrected chi connectivity index (χ4v) is 5.22. The van der Waals surface area contributed by atoms with Crippen LogP contribution in [0.1, 0.15) is 33.1 Å². The Morgan fingerprint density at radius 3 is 2.52 bits per heavy atom. The summed E-state index contributed by atoms with van der Waals surface area (Å²) in [7, 11) is 1.58. The van der Waals surface area contributed by atoms with Crippen LogP contribution in [0.2, 0.25) is 0 Å². The van der Waals surface area contributed by atoms with Gasteiger partial charge in [0.15, 0.2) is 5.16 Å². The van der Waals surface area contributed by atoms with E-state index in [9.17, 15) is 9.59 Å². The third-order valence-corrected chi connectivity index (χ3v) is 6.80. The summed E-state index contributed by atoms with van der Waals surface area (Å²) in [5, 5.41) is 1.02. The number of likely N-dealkylation sites (tertiary alicyclic amines) is 1. The smallest absolute Gasteiger partial charge is 0.266 e. The van der Waals surface area contributed by atoms with Gasteiger partial charge in [0.2, 0.25) is 5.91 Å². The molecule has 1 aliphatic rings. The molecular formula is C24H27N3O3S. The van der Waals surface area contributed by atoms with Crippen molar-refractivity contribution in [2.24, 2.45) is 0 Å². The topological polar surface area (TPSA) is 64.4 Å². The maximum absolute atomic E-state index is 13.4. The Balaban J connectivity index is 1.74. The highest BCUT2D eigenvalue weighted by Gasteiger charge is 2.29. The molecule has 3 aromatic rings. The molecule has 162 valence electrons. The van der Waals surface area contributed by atoms with Crippen molar-refractivity contribution in [2.75, 3.05) is 12.9 Å². The van der Waals surface area contributed by atoms with Crippen molar-refractivity contribution in [3.63, 3.8) is 0 Å². The van der Waals surface area contributed by atoms with Gasteiger partial charge in [-0.25, -0.2) is 4.98 Å². The minimum atomic E-state index is -0.176. The number of carbonyl (C=O) groups is 1. The molecule has 0 radical (unpaired) electrons. The third-order valence-electron chi connectivity index (χ3n) is 5.88. The second kappa shape index (κ2) is 9.14. The van der Waals surface area contributed by atoms with Gasteiger partial charge in [-0.1, -0.05) is 36.0 Å². The van der Waals surface area contributed by atoms with Gasteiger partial charge in [-0.15, -0.1) is 0 Å². The van der Waals surface area contributed by atoms with Crippen molar-refractivity contribution in [3.05, 3.63) is 58.9 Å². The molecule has 0 aliphatic carbocycles. The summed E-state index contributed by atoms with van der Waals surface area (Å²) in [6.07, 6.45) is 3.21. The van der Waals surface area contributed by atoms with Gasteiger partial charge in [-0.2, -0.15) is 0 Å². The number of methoxy groups -OCH3 is 1. The average Bonchev–Trinajstić information content (AvgIpc) is 2.78. The first kappa shape index (κ1) is 21.4. The van der Waals surface area contributed by atoms with Gasteiger partial charge in [0.25, 0.3) is 5.56 Å². The van der Waals surface area contributed by atoms with Crippen molar-refractivity contribution < 1.29 is 9.53 Å². The maximum Gasteiger partial charge on any atom is 0.266 e. The Bertz CT molecular complexity index is 1150. The summed E-state index contributed by atoms with van der Waals surface area (Å²) < 4.78 is 7.06. The van der Waals surface area contributed by atoms with Crippen LogP contribution in [0.25, 0.3) is 16.6 Å². The number of rotatable bonds is 5. The number of aromatic nitrogens is 2. The molecule has 1 amide bonds. The summed E-state index contributed by atoms with van der Waals surface area (Å²) in [6.45, 7) is 4.22. The van der Waals surface area contributed by atoms with Crippen molar-refractivity contribution in [2.45, 2.75) is 50.4 Å². The molecule has 1 fully saturated rings. The SMILES string of the molecule is COc1ccccc1-n1c(SCC(=O)N2[C@H](C)CCC[C@H]2C)nc2ccccc2c1=O. The van der Waals surface area contributed by atoms with Crippen LogP contribution in [0.3, 0.4) is 0 Å². The molecule has 2 heterocycles. The number of benzene rings is 2. The number of para-hydroxylation sites is 3. The molecule has 31 heavy (non-hydrogen) atoms. The highest BCUT2D eigenvalue weighted by atomic mass is 32.2. The van der Waals surface area contributed by atoms with Gasteiger partial charge in [-0.05, 0) is 57.4 Å². The Morgan fingerprint density at radius 1 is 1.10 bits per heavy atom. The van der Waals surface area contributed by atoms with E-state index in [-0.39, 0.29) is 29.3 Å². The second-order valence-electron chi connectivity index (χ2n) is 7.94. The zero-order valence-electron chi connectivity index (χ0n) is 18.1. The van der Waals surface area contributed by atoms with Crippen LogP contribution in [-0.4, -0.2) is 45.3 Å². The number of piperidine rings is 1. The van der Waals surface area contributed by atoms with Crippen molar-refractivity contribution in [1.82, 2.24) is 14.5 Å². The lowest BCUT2D eigenvalue weighted by atomic mass is 9.98. The first-order chi connectivity index (χ1) is 15.0. The molecule has 1 saturated heterocycles. The summed E-state index contributed by atoms with van der Waals surface area (Å²) >= 11 is 1.30. The van der Waals surface area contributed by atoms with E-state index in [1.165, 1.54) is 11.8 Å². The summed E-state index contributed by atoms with van der Waals surface area (Å²) in [5.41, 5.74) is 1.06. The standard InChI is InChI=1S/C24H27N3O3S/c1-16-9-8-10-17(2)26(16)22(28)15-31-24-25-19-12-5-4-11-18(19)23(29)27(24)20-13-6-7-14-21(20)30-3/h4-7,11-14,16-17H,8-10,15H2,1-3H3/t16-,17-/m1/s1. The number of ether oxygens (including phenoxy) is 1. The van der Waals surface area contributed by atoms with E-state index in [2.05, 4.69) is 13.8 Å². The largest absolute Gasteiger partial charge is 0.495 e. The summed E-state index contributed by atoms with van der Waals surface area (Å²) in [6, 6.07) is 15.1. The van der Waals surface area contributed by atoms with E-state index in [0.717, 1.165) is 19.3 Å². The van der Waals surface area contributed by atoms with Crippen LogP contribution < -0.4 is 10.3 Å². The fraction of sp³-hybridized carbons (Fsp3) is 0.375. The van der Waals surface area contributed by atoms with Crippen molar-refractivity contribution in [1.29, 1.82) is 0 Å². The second-order valence-corrected chi connectivity index (χ2v) is 8.89. The first-order valence-electron chi connectivity index (χ1n) is 10.6. The molecule has 4 rings (SSSR count). The van der Waals surface area contributed by atoms with Gasteiger partial charge < -0.3 is 9.64 Å². The molecule has 1 aliphatic heterocycles. The predicted molar refractivity (Wildman–Crippen MR) is 124 cm³/mol. The van der Waals surface area contributed by atoms with Gasteiger partial charge >= 0.3 is 0 Å². The number of carbonyl (C=O) groups excluding carboxylic acids is 1. The van der Waals surface area contributed by atoms with Crippen LogP contribution in [0.5, 0.6) is 5.75 Å². The summed E-state index contributed by atoms with van der Waals surface area (Å²) in [4.78, 5) is 33.2. The summed E-state index contributed by atoms with van der Waals surface area (Å²) in [5.74, 6) is 0.890. The van der Waals surface area contributed by atoms with E-state index in [4.69, 9.17) is 9.72 Å². The third kappa shape index (κ3) is 4.19. The van der Waals surface area contributed by atoms with Gasteiger partial charge in [0, 0.05) is 12.1 Å². The average molecular weight is 438 g/mol. The van der Waals surface area contributed by atoms with Crippen LogP contribution in [-0.2, 0) is 4.79 Å². The van der Waals surface area contributed by atoms with Crippen LogP contribution in [0.15, 0.2) is 58.5 Å². The predicted octanol–water partition coefficient (Wildman–Crippen LogP) is 4.28. The molecule has 1 aromatic heterocycles. The number of fused-ring (bicyclic) bond motifs is 1. The van der Waals surface area contributed by atoms with Crippen molar-refractivity contribution in [3.8, 4) is 11.4 Å². The van der Waals surface area contributed by atoms with Gasteiger partial charge in [0.1, 0.15) is 5.75 Å². The lowest BCUT2D eigenvalue weighted by Crippen LogP contribution is -2.48. The molecule has 2 atom stereocenters. The monoisotopic (exact) mass is 437 g/mol. The quantitative estimate of drug-likeness (QED) is 0.440. The van der Waals surface area contributed by atoms with Crippen LogP contribution in [0.4, 0.5) is 0 Å². The number of hydrogen-bond acceptors (Lipinski definition) is 5. The maximum atomic E-state index is 13.4. The highest BCUT2D eigenvalue weighted by Crippen LogP contribution is 2.29. The molecule has 0 unspecified atom stereocenters. The Hall–Kier alpha value is -2.80. The van der Waals surface area contributed by atoms with E-state index in [1.54, 1.807) is 17.7 Å². The first-order valence-corrected chi connectivity index (χ1v) is 11.6. The molecule has 0 saturated carbocycles. The lowest BCUT2D eigenvalue weighted by molar-refractivity contribution is -0.134. The minimum Gasteiger partial charge on any atom is -0.495 e. The van der Waals surface area contributed by atoms with Gasteiger partial charge in [-0.3, -0.25) is 14.2 Å². The lowest BCUT2D eigenvalue weighted by Gasteiger charge is -2.39. The zero-order chi connectivity index (χ0) is 22.0. The van der Waals surface area contributed by atoms with E-state index >= 15 is 0 Å².